The van der Waals surface area contributed by atoms with Crippen molar-refractivity contribution in [1.82, 2.24) is 4.90 Å². The second-order valence-corrected chi connectivity index (χ2v) is 5.34. The number of nitrogens with zero attached hydrogens (tertiary/aromatic N) is 1. The molecule has 2 N–H and O–H groups in total. The summed E-state index contributed by atoms with van der Waals surface area (Å²) in [6, 6.07) is 6.16. The molecule has 1 unspecified atom stereocenters. The van der Waals surface area contributed by atoms with Crippen LogP contribution in [0.15, 0.2) is 24.3 Å². The summed E-state index contributed by atoms with van der Waals surface area (Å²) < 4.78 is 13.4. The molecule has 0 spiro atoms. The fourth-order valence-electron chi connectivity index (χ4n) is 1.99. The molecule has 0 radical (unpaired) electrons. The van der Waals surface area contributed by atoms with Crippen LogP contribution in [-0.2, 0) is 11.2 Å². The number of carbonyl (C=O) groups excluding carboxylic acids is 1. The molecule has 1 amide bonds. The molecule has 1 aromatic carbocycles. The van der Waals surface area contributed by atoms with Gasteiger partial charge < -0.3 is 10.6 Å². The Balaban J connectivity index is 2.49. The van der Waals surface area contributed by atoms with Crippen LogP contribution in [0.1, 0.15) is 25.8 Å². The number of halogens is 1. The summed E-state index contributed by atoms with van der Waals surface area (Å²) in [5.41, 5.74) is 6.48. The fourth-order valence-corrected chi connectivity index (χ4v) is 1.99. The molecule has 0 aliphatic heterocycles. The maximum atomic E-state index is 13.4. The Kier molecular flexibility index (Phi) is 5.96. The van der Waals surface area contributed by atoms with Gasteiger partial charge in [-0.05, 0) is 30.4 Å². The molecule has 4 heteroatoms. The molecule has 3 nitrogen and oxygen atoms in total. The van der Waals surface area contributed by atoms with Crippen LogP contribution in [0, 0.1) is 11.7 Å². The molecule has 0 saturated heterocycles. The molecule has 0 bridgehead atoms. The largest absolute Gasteiger partial charge is 0.344 e. The van der Waals surface area contributed by atoms with Crippen molar-refractivity contribution in [3.8, 4) is 0 Å². The van der Waals surface area contributed by atoms with E-state index in [0.717, 1.165) is 0 Å². The number of rotatable bonds is 6. The summed E-state index contributed by atoms with van der Waals surface area (Å²) in [5.74, 6) is 0.0822. The van der Waals surface area contributed by atoms with Crippen LogP contribution in [-0.4, -0.2) is 30.4 Å². The van der Waals surface area contributed by atoms with Gasteiger partial charge in [-0.3, -0.25) is 4.79 Å². The molecule has 106 valence electrons. The molecule has 1 atom stereocenters. The van der Waals surface area contributed by atoms with Crippen molar-refractivity contribution in [2.24, 2.45) is 11.7 Å². The molecule has 0 aliphatic carbocycles. The number of hydrogen-bond acceptors (Lipinski definition) is 2. The number of amides is 1. The molecule has 0 saturated carbocycles. The van der Waals surface area contributed by atoms with Gasteiger partial charge in [0.2, 0.25) is 5.91 Å². The Labute approximate surface area is 114 Å². The molecule has 1 aromatic rings. The van der Waals surface area contributed by atoms with E-state index in [9.17, 15) is 9.18 Å². The molecule has 0 fully saturated rings. The lowest BCUT2D eigenvalue weighted by molar-refractivity contribution is -0.131. The molecule has 19 heavy (non-hydrogen) atoms. The number of benzene rings is 1. The lowest BCUT2D eigenvalue weighted by Gasteiger charge is -2.22. The van der Waals surface area contributed by atoms with Crippen LogP contribution in [0.3, 0.4) is 0 Å². The van der Waals surface area contributed by atoms with Crippen molar-refractivity contribution in [2.45, 2.75) is 32.7 Å². The standard InChI is InChI=1S/C15H23FN2O/c1-11(2)10-14(17)15(19)18(3)9-8-12-6-4-5-7-13(12)16/h4-7,11,14H,8-10,17H2,1-3H3. The minimum absolute atomic E-state index is 0.0787. The molecule has 1 rings (SSSR count). The quantitative estimate of drug-likeness (QED) is 0.858. The third-order valence-electron chi connectivity index (χ3n) is 3.09. The van der Waals surface area contributed by atoms with Gasteiger partial charge in [0.15, 0.2) is 0 Å². The van der Waals surface area contributed by atoms with Crippen molar-refractivity contribution in [3.05, 3.63) is 35.6 Å². The molecule has 0 aromatic heterocycles. The first-order valence-electron chi connectivity index (χ1n) is 6.65. The zero-order valence-corrected chi connectivity index (χ0v) is 11.9. The van der Waals surface area contributed by atoms with Gasteiger partial charge in [-0.1, -0.05) is 32.0 Å². The topological polar surface area (TPSA) is 46.3 Å². The fraction of sp³-hybridized carbons (Fsp3) is 0.533. The lowest BCUT2D eigenvalue weighted by Crippen LogP contribution is -2.43. The minimum atomic E-state index is -0.467. The van der Waals surface area contributed by atoms with Crippen molar-refractivity contribution in [1.29, 1.82) is 0 Å². The predicted octanol–water partition coefficient (Wildman–Crippen LogP) is 2.20. The summed E-state index contributed by atoms with van der Waals surface area (Å²) in [5, 5.41) is 0. The van der Waals surface area contributed by atoms with E-state index in [1.54, 1.807) is 30.1 Å². The average molecular weight is 266 g/mol. The van der Waals surface area contributed by atoms with Crippen LogP contribution >= 0.6 is 0 Å². The van der Waals surface area contributed by atoms with E-state index in [1.165, 1.54) is 6.07 Å². The minimum Gasteiger partial charge on any atom is -0.344 e. The highest BCUT2D eigenvalue weighted by Gasteiger charge is 2.19. The van der Waals surface area contributed by atoms with Crippen LogP contribution in [0.4, 0.5) is 4.39 Å². The average Bonchev–Trinajstić information content (AvgIpc) is 2.35. The molecule has 0 aliphatic rings. The van der Waals surface area contributed by atoms with Crippen LogP contribution in [0.5, 0.6) is 0 Å². The van der Waals surface area contributed by atoms with Crippen LogP contribution < -0.4 is 5.73 Å². The van der Waals surface area contributed by atoms with E-state index in [1.807, 2.05) is 13.8 Å². The summed E-state index contributed by atoms with van der Waals surface area (Å²) in [4.78, 5) is 13.6. The Morgan fingerprint density at radius 2 is 2.00 bits per heavy atom. The first-order chi connectivity index (χ1) is 8.91. The Morgan fingerprint density at radius 3 is 2.58 bits per heavy atom. The van der Waals surface area contributed by atoms with E-state index in [0.29, 0.717) is 30.9 Å². The van der Waals surface area contributed by atoms with Crippen molar-refractivity contribution in [3.63, 3.8) is 0 Å². The molecule has 0 heterocycles. The summed E-state index contributed by atoms with van der Waals surface area (Å²) in [7, 11) is 1.71. The molecular formula is C15H23FN2O. The summed E-state index contributed by atoms with van der Waals surface area (Å²) in [6.07, 6.45) is 1.17. The lowest BCUT2D eigenvalue weighted by atomic mass is 10.0. The van der Waals surface area contributed by atoms with Gasteiger partial charge >= 0.3 is 0 Å². The van der Waals surface area contributed by atoms with Gasteiger partial charge in [0, 0.05) is 13.6 Å². The SMILES string of the molecule is CC(C)CC(N)C(=O)N(C)CCc1ccccc1F. The van der Waals surface area contributed by atoms with Gasteiger partial charge in [0.05, 0.1) is 6.04 Å². The normalized spacial score (nSPS) is 12.5. The maximum absolute atomic E-state index is 13.4. The van der Waals surface area contributed by atoms with Crippen LogP contribution in [0.25, 0.3) is 0 Å². The zero-order valence-electron chi connectivity index (χ0n) is 11.9. The van der Waals surface area contributed by atoms with Gasteiger partial charge in [0.25, 0.3) is 0 Å². The number of likely N-dealkylation sites (N-methyl/N-ethyl adjacent to an activating group) is 1. The number of carbonyl (C=O) groups is 1. The highest BCUT2D eigenvalue weighted by molar-refractivity contribution is 5.81. The number of hydrogen-bond donors (Lipinski definition) is 1. The van der Waals surface area contributed by atoms with Crippen molar-refractivity contribution >= 4 is 5.91 Å². The van der Waals surface area contributed by atoms with Gasteiger partial charge in [-0.15, -0.1) is 0 Å². The predicted molar refractivity (Wildman–Crippen MR) is 75.2 cm³/mol. The third-order valence-corrected chi connectivity index (χ3v) is 3.09. The van der Waals surface area contributed by atoms with Crippen molar-refractivity contribution < 1.29 is 9.18 Å². The van der Waals surface area contributed by atoms with Gasteiger partial charge in [-0.2, -0.15) is 0 Å². The molecular weight excluding hydrogens is 243 g/mol. The third kappa shape index (κ3) is 4.99. The first kappa shape index (κ1) is 15.6. The van der Waals surface area contributed by atoms with E-state index < -0.39 is 6.04 Å². The van der Waals surface area contributed by atoms with Crippen LogP contribution in [0.2, 0.25) is 0 Å². The monoisotopic (exact) mass is 266 g/mol. The van der Waals surface area contributed by atoms with Gasteiger partial charge in [0.1, 0.15) is 5.82 Å². The summed E-state index contributed by atoms with van der Waals surface area (Å²) >= 11 is 0. The Morgan fingerprint density at radius 1 is 1.37 bits per heavy atom. The Bertz CT molecular complexity index is 420. The van der Waals surface area contributed by atoms with E-state index in [-0.39, 0.29) is 11.7 Å². The van der Waals surface area contributed by atoms with E-state index in [2.05, 4.69) is 0 Å². The highest BCUT2D eigenvalue weighted by atomic mass is 19.1. The first-order valence-corrected chi connectivity index (χ1v) is 6.65. The second kappa shape index (κ2) is 7.24. The maximum Gasteiger partial charge on any atom is 0.239 e. The smallest absolute Gasteiger partial charge is 0.239 e. The number of nitrogens with two attached hydrogens (primary N) is 1. The van der Waals surface area contributed by atoms with Gasteiger partial charge in [-0.25, -0.2) is 4.39 Å². The van der Waals surface area contributed by atoms with E-state index >= 15 is 0 Å². The summed E-state index contributed by atoms with van der Waals surface area (Å²) in [6.45, 7) is 4.55. The Hall–Kier alpha value is -1.42. The van der Waals surface area contributed by atoms with Crippen molar-refractivity contribution in [2.75, 3.05) is 13.6 Å². The highest BCUT2D eigenvalue weighted by Crippen LogP contribution is 2.09. The second-order valence-electron chi connectivity index (χ2n) is 5.34. The van der Waals surface area contributed by atoms with E-state index in [4.69, 9.17) is 5.73 Å². The zero-order chi connectivity index (χ0) is 14.4.